The lowest BCUT2D eigenvalue weighted by molar-refractivity contribution is -0.386. The number of benzene rings is 1. The maximum absolute atomic E-state index is 12.3. The summed E-state index contributed by atoms with van der Waals surface area (Å²) in [6.07, 6.45) is 1.56. The average molecular weight is 343 g/mol. The molecule has 8 heteroatoms. The first-order valence-corrected chi connectivity index (χ1v) is 7.83. The molecular weight excluding hydrogens is 326 g/mol. The van der Waals surface area contributed by atoms with Gasteiger partial charge in [-0.1, -0.05) is 35.5 Å². The number of nitrogens with one attached hydrogen (secondary N) is 1. The lowest BCUT2D eigenvalue weighted by Crippen LogP contribution is -2.36. The van der Waals surface area contributed by atoms with Crippen molar-refractivity contribution < 1.29 is 19.0 Å². The van der Waals surface area contributed by atoms with Crippen LogP contribution in [-0.2, 0) is 9.53 Å². The average Bonchev–Trinajstić information content (AvgIpc) is 3.19. The predicted octanol–water partition coefficient (Wildman–Crippen LogP) is 2.55. The number of aromatic nitrogens is 1. The van der Waals surface area contributed by atoms with Crippen molar-refractivity contribution in [3.05, 3.63) is 63.7 Å². The third-order valence-electron chi connectivity index (χ3n) is 4.06. The van der Waals surface area contributed by atoms with Crippen LogP contribution in [0.5, 0.6) is 0 Å². The van der Waals surface area contributed by atoms with Crippen LogP contribution in [0.1, 0.15) is 29.9 Å². The molecule has 0 fully saturated rings. The van der Waals surface area contributed by atoms with Gasteiger partial charge in [-0.25, -0.2) is 4.79 Å². The number of rotatable bonds is 5. The van der Waals surface area contributed by atoms with Crippen molar-refractivity contribution in [2.24, 2.45) is 0 Å². The molecule has 0 radical (unpaired) electrons. The van der Waals surface area contributed by atoms with Gasteiger partial charge in [0.2, 0.25) is 5.76 Å². The fraction of sp³-hybridized carbons (Fsp3) is 0.294. The minimum atomic E-state index is -0.692. The van der Waals surface area contributed by atoms with Gasteiger partial charge in [0.1, 0.15) is 6.04 Å². The van der Waals surface area contributed by atoms with Gasteiger partial charge in [0.25, 0.3) is 0 Å². The zero-order valence-electron chi connectivity index (χ0n) is 13.8. The van der Waals surface area contributed by atoms with Crippen LogP contribution in [0.15, 0.2) is 41.1 Å². The molecule has 0 saturated heterocycles. The van der Waals surface area contributed by atoms with Crippen LogP contribution in [0.25, 0.3) is 5.57 Å². The molecule has 2 heterocycles. The molecule has 0 spiro atoms. The van der Waals surface area contributed by atoms with Gasteiger partial charge < -0.3 is 14.6 Å². The zero-order valence-corrected chi connectivity index (χ0v) is 13.8. The third-order valence-corrected chi connectivity index (χ3v) is 4.06. The van der Waals surface area contributed by atoms with E-state index in [0.717, 1.165) is 5.56 Å². The number of carbonyl (C=O) groups excluding carboxylic acids is 1. The van der Waals surface area contributed by atoms with E-state index in [1.165, 1.54) is 6.92 Å². The van der Waals surface area contributed by atoms with Gasteiger partial charge in [-0.05, 0) is 19.4 Å². The molecule has 0 unspecified atom stereocenters. The lowest BCUT2D eigenvalue weighted by Gasteiger charge is -2.20. The Hall–Kier alpha value is -3.16. The van der Waals surface area contributed by atoms with Gasteiger partial charge in [0.05, 0.1) is 11.5 Å². The zero-order chi connectivity index (χ0) is 18.0. The van der Waals surface area contributed by atoms with Crippen molar-refractivity contribution in [1.82, 2.24) is 10.5 Å². The van der Waals surface area contributed by atoms with E-state index in [-0.39, 0.29) is 23.7 Å². The van der Waals surface area contributed by atoms with E-state index in [0.29, 0.717) is 5.57 Å². The smallest absolute Gasteiger partial charge is 0.339 e. The van der Waals surface area contributed by atoms with Gasteiger partial charge in [0, 0.05) is 17.7 Å². The van der Waals surface area contributed by atoms with Gasteiger partial charge >= 0.3 is 11.7 Å². The van der Waals surface area contributed by atoms with Gasteiger partial charge in [0.15, 0.2) is 5.69 Å². The first-order valence-electron chi connectivity index (χ1n) is 7.83. The van der Waals surface area contributed by atoms with Crippen LogP contribution in [0, 0.1) is 17.0 Å². The molecular formula is C17H17N3O5. The van der Waals surface area contributed by atoms with Gasteiger partial charge in [-0.3, -0.25) is 10.1 Å². The maximum atomic E-state index is 12.3. The van der Waals surface area contributed by atoms with Crippen LogP contribution in [0.2, 0.25) is 0 Å². The number of nitro groups is 1. The monoisotopic (exact) mass is 343 g/mol. The Morgan fingerprint density at radius 1 is 1.40 bits per heavy atom. The largest absolute Gasteiger partial charge is 0.464 e. The van der Waals surface area contributed by atoms with E-state index in [9.17, 15) is 14.9 Å². The third kappa shape index (κ3) is 2.98. The van der Waals surface area contributed by atoms with E-state index in [1.807, 2.05) is 30.3 Å². The summed E-state index contributed by atoms with van der Waals surface area (Å²) in [5.41, 5.74) is 1.31. The van der Waals surface area contributed by atoms with Crippen LogP contribution >= 0.6 is 0 Å². The molecule has 1 N–H and O–H groups in total. The van der Waals surface area contributed by atoms with Crippen LogP contribution in [-0.4, -0.2) is 28.7 Å². The Kier molecular flexibility index (Phi) is 4.51. The molecule has 2 atom stereocenters. The Morgan fingerprint density at radius 2 is 2.12 bits per heavy atom. The molecule has 25 heavy (non-hydrogen) atoms. The second-order valence-corrected chi connectivity index (χ2v) is 5.59. The van der Waals surface area contributed by atoms with E-state index in [4.69, 9.17) is 9.26 Å². The maximum Gasteiger partial charge on any atom is 0.339 e. The van der Waals surface area contributed by atoms with Crippen molar-refractivity contribution in [2.45, 2.75) is 25.8 Å². The Balaban J connectivity index is 2.07. The standard InChI is InChI=1S/C17H17N3O5/c1-3-24-17(21)14-13(11-7-5-4-6-8-11)12(9-18-14)16-15(20(22)23)10(2)19-25-16/h4-9,13-14,18H,3H2,1-2H3/t13-,14-/m0/s1. The van der Waals surface area contributed by atoms with Crippen molar-refractivity contribution in [1.29, 1.82) is 0 Å². The second-order valence-electron chi connectivity index (χ2n) is 5.59. The quantitative estimate of drug-likeness (QED) is 0.505. The van der Waals surface area contributed by atoms with E-state index in [2.05, 4.69) is 10.5 Å². The molecule has 0 bridgehead atoms. The molecule has 0 amide bonds. The first kappa shape index (κ1) is 16.7. The Bertz CT molecular complexity index is 828. The summed E-state index contributed by atoms with van der Waals surface area (Å²) < 4.78 is 10.4. The van der Waals surface area contributed by atoms with E-state index < -0.39 is 22.9 Å². The fourth-order valence-corrected chi connectivity index (χ4v) is 2.99. The molecule has 0 saturated carbocycles. The van der Waals surface area contributed by atoms with Crippen LogP contribution in [0.4, 0.5) is 5.69 Å². The topological polar surface area (TPSA) is 108 Å². The number of esters is 1. The molecule has 1 aliphatic rings. The van der Waals surface area contributed by atoms with Crippen LogP contribution < -0.4 is 5.32 Å². The minimum Gasteiger partial charge on any atom is -0.464 e. The number of aryl methyl sites for hydroxylation is 1. The van der Waals surface area contributed by atoms with Crippen molar-refractivity contribution >= 4 is 17.2 Å². The summed E-state index contributed by atoms with van der Waals surface area (Å²) in [7, 11) is 0. The molecule has 8 nitrogen and oxygen atoms in total. The number of carbonyl (C=O) groups is 1. The highest BCUT2D eigenvalue weighted by Crippen LogP contribution is 2.42. The van der Waals surface area contributed by atoms with Crippen molar-refractivity contribution in [3.63, 3.8) is 0 Å². The molecule has 3 rings (SSSR count). The highest BCUT2D eigenvalue weighted by Gasteiger charge is 2.42. The van der Waals surface area contributed by atoms with Crippen molar-refractivity contribution in [2.75, 3.05) is 6.61 Å². The Labute approximate surface area is 143 Å². The van der Waals surface area contributed by atoms with Gasteiger partial charge in [-0.15, -0.1) is 0 Å². The first-order chi connectivity index (χ1) is 12.0. The van der Waals surface area contributed by atoms with E-state index in [1.54, 1.807) is 13.1 Å². The van der Waals surface area contributed by atoms with Gasteiger partial charge in [-0.2, -0.15) is 0 Å². The molecule has 2 aromatic rings. The fourth-order valence-electron chi connectivity index (χ4n) is 2.99. The number of hydrogen-bond donors (Lipinski definition) is 1. The summed E-state index contributed by atoms with van der Waals surface area (Å²) in [6.45, 7) is 3.48. The normalized spacial score (nSPS) is 19.2. The lowest BCUT2D eigenvalue weighted by atomic mass is 9.86. The summed E-state index contributed by atoms with van der Waals surface area (Å²) in [5.74, 6) is -0.858. The SMILES string of the molecule is CCOC(=O)[C@H]1NC=C(c2onc(C)c2[N+](=O)[O-])[C@@H]1c1ccccc1. The molecule has 130 valence electrons. The molecule has 0 aliphatic carbocycles. The second kappa shape index (κ2) is 6.76. The highest BCUT2D eigenvalue weighted by atomic mass is 16.6. The van der Waals surface area contributed by atoms with Crippen LogP contribution in [0.3, 0.4) is 0 Å². The number of hydrogen-bond acceptors (Lipinski definition) is 7. The molecule has 1 aromatic carbocycles. The summed E-state index contributed by atoms with van der Waals surface area (Å²) in [5, 5.41) is 18.1. The number of nitrogens with zero attached hydrogens (tertiary/aromatic N) is 2. The summed E-state index contributed by atoms with van der Waals surface area (Å²) in [6, 6.07) is 8.55. The predicted molar refractivity (Wildman–Crippen MR) is 88.6 cm³/mol. The number of ether oxygens (including phenoxy) is 1. The highest BCUT2D eigenvalue weighted by molar-refractivity contribution is 5.87. The summed E-state index contributed by atoms with van der Waals surface area (Å²) in [4.78, 5) is 23.2. The molecule has 1 aliphatic heterocycles. The van der Waals surface area contributed by atoms with E-state index >= 15 is 0 Å². The minimum absolute atomic E-state index is 0.0515. The Morgan fingerprint density at radius 3 is 2.76 bits per heavy atom. The summed E-state index contributed by atoms with van der Waals surface area (Å²) >= 11 is 0. The molecule has 1 aromatic heterocycles. The van der Waals surface area contributed by atoms with Crippen molar-refractivity contribution in [3.8, 4) is 0 Å².